The van der Waals surface area contributed by atoms with Gasteiger partial charge in [0, 0.05) is 20.3 Å². The molecule has 10 nitrogen and oxygen atoms in total. The quantitative estimate of drug-likeness (QED) is 0.325. The predicted octanol–water partition coefficient (Wildman–Crippen LogP) is 0.789. The fourth-order valence-electron chi connectivity index (χ4n) is 2.35. The van der Waals surface area contributed by atoms with E-state index < -0.39 is 41.5 Å². The van der Waals surface area contributed by atoms with Gasteiger partial charge in [-0.15, -0.1) is 0 Å². The molecule has 0 heterocycles. The van der Waals surface area contributed by atoms with E-state index in [2.05, 4.69) is 0 Å². The van der Waals surface area contributed by atoms with Gasteiger partial charge in [0.1, 0.15) is 30.5 Å². The number of aliphatic hydroxyl groups is 2. The maximum Gasteiger partial charge on any atom is 0.302 e. The zero-order valence-electron chi connectivity index (χ0n) is 19.6. The number of hydrogen-bond donors (Lipinski definition) is 2. The van der Waals surface area contributed by atoms with Crippen LogP contribution in [-0.4, -0.2) is 90.5 Å². The van der Waals surface area contributed by atoms with Crippen LogP contribution in [0.3, 0.4) is 0 Å². The number of Topliss-reactive ketones (excluding diaryl/α,β-unsaturated/α-hetero) is 1. The first kappa shape index (κ1) is 29.4. The summed E-state index contributed by atoms with van der Waals surface area (Å²) in [5.41, 5.74) is -1.78. The van der Waals surface area contributed by atoms with Gasteiger partial charge in [-0.05, 0) is 34.6 Å². The van der Waals surface area contributed by atoms with Gasteiger partial charge < -0.3 is 33.9 Å². The van der Waals surface area contributed by atoms with Gasteiger partial charge in [0.05, 0.1) is 32.0 Å². The topological polar surface area (TPSA) is 138 Å². The van der Waals surface area contributed by atoms with E-state index in [0.717, 1.165) is 0 Å². The molecule has 0 saturated heterocycles. The Morgan fingerprint density at radius 2 is 1.32 bits per heavy atom. The van der Waals surface area contributed by atoms with Gasteiger partial charge in [0.25, 0.3) is 0 Å². The van der Waals surface area contributed by atoms with Crippen molar-refractivity contribution < 1.29 is 48.3 Å². The van der Waals surface area contributed by atoms with Crippen LogP contribution in [0.2, 0.25) is 0 Å². The number of ether oxygens (including phenoxy) is 5. The molecular formula is C21H38O10. The summed E-state index contributed by atoms with van der Waals surface area (Å²) in [5, 5.41) is 19.8. The molecule has 0 aliphatic rings. The molecule has 0 aliphatic heterocycles. The maximum absolute atomic E-state index is 11.4. The normalized spacial score (nSPS) is 15.1. The summed E-state index contributed by atoms with van der Waals surface area (Å²) in [5.74, 6) is -1.15. The number of carbonyl (C=O) groups excluding carboxylic acids is 3. The standard InChI is InChI=1S/C21H38O10/c1-14(22)21(6,7)30-12-17(25)9-27-13-19(31-16(3)24)8-20(4,5)29-11-18(26)10-28-15(2)23/h17-19,25-26H,8-13H2,1-7H3. The molecule has 3 unspecified atom stereocenters. The number of hydrogen-bond acceptors (Lipinski definition) is 10. The fraction of sp³-hybridized carbons (Fsp3) is 0.857. The lowest BCUT2D eigenvalue weighted by Gasteiger charge is -2.30. The minimum atomic E-state index is -0.997. The van der Waals surface area contributed by atoms with Gasteiger partial charge in [0.15, 0.2) is 5.78 Å². The van der Waals surface area contributed by atoms with E-state index in [0.29, 0.717) is 0 Å². The van der Waals surface area contributed by atoms with Crippen LogP contribution in [-0.2, 0) is 38.1 Å². The summed E-state index contributed by atoms with van der Waals surface area (Å²) < 4.78 is 26.5. The van der Waals surface area contributed by atoms with E-state index in [4.69, 9.17) is 23.7 Å². The number of rotatable bonds is 16. The molecule has 0 bridgehead atoms. The van der Waals surface area contributed by atoms with Crippen LogP contribution < -0.4 is 0 Å². The summed E-state index contributed by atoms with van der Waals surface area (Å²) in [6, 6.07) is 0. The second-order valence-electron chi connectivity index (χ2n) is 8.53. The SMILES string of the molecule is CC(=O)OCC(O)COC(C)(C)CC(COCC(O)COC(C)(C)C(C)=O)OC(C)=O. The van der Waals surface area contributed by atoms with Crippen LogP contribution in [0.15, 0.2) is 0 Å². The Morgan fingerprint density at radius 3 is 1.84 bits per heavy atom. The van der Waals surface area contributed by atoms with E-state index >= 15 is 0 Å². The third-order valence-electron chi connectivity index (χ3n) is 4.30. The molecule has 10 heteroatoms. The predicted molar refractivity (Wildman–Crippen MR) is 110 cm³/mol. The molecule has 2 N–H and O–H groups in total. The van der Waals surface area contributed by atoms with Crippen molar-refractivity contribution in [1.82, 2.24) is 0 Å². The van der Waals surface area contributed by atoms with Crippen molar-refractivity contribution in [3.63, 3.8) is 0 Å². The summed E-state index contributed by atoms with van der Waals surface area (Å²) >= 11 is 0. The molecule has 31 heavy (non-hydrogen) atoms. The van der Waals surface area contributed by atoms with Gasteiger partial charge in [-0.2, -0.15) is 0 Å². The molecule has 0 spiro atoms. The van der Waals surface area contributed by atoms with Crippen molar-refractivity contribution in [1.29, 1.82) is 0 Å². The average molecular weight is 451 g/mol. The number of aliphatic hydroxyl groups excluding tert-OH is 2. The number of carbonyl (C=O) groups is 3. The third kappa shape index (κ3) is 14.9. The van der Waals surface area contributed by atoms with Crippen molar-refractivity contribution in [3.05, 3.63) is 0 Å². The van der Waals surface area contributed by atoms with Crippen molar-refractivity contribution in [2.45, 2.75) is 84.4 Å². The van der Waals surface area contributed by atoms with Gasteiger partial charge in [-0.1, -0.05) is 0 Å². The van der Waals surface area contributed by atoms with Crippen molar-refractivity contribution in [3.8, 4) is 0 Å². The van der Waals surface area contributed by atoms with Gasteiger partial charge in [0.2, 0.25) is 0 Å². The lowest BCUT2D eigenvalue weighted by atomic mass is 10.0. The first-order valence-electron chi connectivity index (χ1n) is 10.2. The molecule has 0 radical (unpaired) electrons. The Bertz CT molecular complexity index is 573. The second-order valence-corrected chi connectivity index (χ2v) is 8.53. The summed E-state index contributed by atoms with van der Waals surface area (Å²) in [7, 11) is 0. The Hall–Kier alpha value is -1.59. The number of esters is 2. The molecular weight excluding hydrogens is 412 g/mol. The van der Waals surface area contributed by atoms with E-state index in [1.165, 1.54) is 20.8 Å². The largest absolute Gasteiger partial charge is 0.463 e. The van der Waals surface area contributed by atoms with Gasteiger partial charge >= 0.3 is 11.9 Å². The Balaban J connectivity index is 4.53. The highest BCUT2D eigenvalue weighted by Crippen LogP contribution is 2.20. The molecule has 0 amide bonds. The monoisotopic (exact) mass is 450 g/mol. The van der Waals surface area contributed by atoms with Crippen molar-refractivity contribution in [2.75, 3.05) is 33.0 Å². The van der Waals surface area contributed by atoms with Crippen LogP contribution in [0, 0.1) is 0 Å². The molecule has 3 atom stereocenters. The second kappa shape index (κ2) is 13.7. The van der Waals surface area contributed by atoms with E-state index in [1.54, 1.807) is 27.7 Å². The Morgan fingerprint density at radius 1 is 0.774 bits per heavy atom. The maximum atomic E-state index is 11.4. The molecule has 0 aliphatic carbocycles. The van der Waals surface area contributed by atoms with E-state index in [9.17, 15) is 24.6 Å². The highest BCUT2D eigenvalue weighted by Gasteiger charge is 2.28. The third-order valence-corrected chi connectivity index (χ3v) is 4.30. The Labute approximate surface area is 184 Å². The zero-order chi connectivity index (χ0) is 24.2. The summed E-state index contributed by atoms with van der Waals surface area (Å²) in [4.78, 5) is 33.7. The lowest BCUT2D eigenvalue weighted by molar-refractivity contribution is -0.158. The minimum absolute atomic E-state index is 0.00946. The summed E-state index contributed by atoms with van der Waals surface area (Å²) in [6.45, 7) is 10.3. The highest BCUT2D eigenvalue weighted by molar-refractivity contribution is 5.83. The zero-order valence-corrected chi connectivity index (χ0v) is 19.6. The van der Waals surface area contributed by atoms with E-state index in [-0.39, 0.29) is 45.2 Å². The van der Waals surface area contributed by atoms with Crippen LogP contribution in [0.1, 0.15) is 54.9 Å². The van der Waals surface area contributed by atoms with Crippen LogP contribution >= 0.6 is 0 Å². The van der Waals surface area contributed by atoms with Crippen LogP contribution in [0.5, 0.6) is 0 Å². The summed E-state index contributed by atoms with van der Waals surface area (Å²) in [6.07, 6.45) is -2.34. The van der Waals surface area contributed by atoms with Gasteiger partial charge in [-0.3, -0.25) is 14.4 Å². The Kier molecular flexibility index (Phi) is 13.0. The molecule has 0 saturated carbocycles. The van der Waals surface area contributed by atoms with Crippen LogP contribution in [0.25, 0.3) is 0 Å². The molecule has 0 fully saturated rings. The van der Waals surface area contributed by atoms with Crippen molar-refractivity contribution >= 4 is 17.7 Å². The fourth-order valence-corrected chi connectivity index (χ4v) is 2.35. The first-order valence-corrected chi connectivity index (χ1v) is 10.2. The average Bonchev–Trinajstić information content (AvgIpc) is 2.62. The first-order chi connectivity index (χ1) is 14.1. The minimum Gasteiger partial charge on any atom is -0.463 e. The lowest BCUT2D eigenvalue weighted by Crippen LogP contribution is -2.39. The van der Waals surface area contributed by atoms with Gasteiger partial charge in [-0.25, -0.2) is 0 Å². The molecule has 0 aromatic heterocycles. The molecule has 0 aromatic rings. The molecule has 182 valence electrons. The number of ketones is 1. The molecule has 0 rings (SSSR count). The molecule has 0 aromatic carbocycles. The highest BCUT2D eigenvalue weighted by atomic mass is 16.6. The van der Waals surface area contributed by atoms with Crippen LogP contribution in [0.4, 0.5) is 0 Å². The van der Waals surface area contributed by atoms with E-state index in [1.807, 2.05) is 0 Å². The smallest absolute Gasteiger partial charge is 0.302 e. The van der Waals surface area contributed by atoms with Crippen molar-refractivity contribution in [2.24, 2.45) is 0 Å².